The van der Waals surface area contributed by atoms with E-state index in [-0.39, 0.29) is 18.4 Å². The number of hydrogen-bond acceptors (Lipinski definition) is 3. The van der Waals surface area contributed by atoms with Crippen LogP contribution in [-0.4, -0.2) is 38.5 Å². The summed E-state index contributed by atoms with van der Waals surface area (Å²) in [6, 6.07) is 9.43. The number of carbonyl (C=O) groups excluding carboxylic acids is 2. The number of benzene rings is 1. The van der Waals surface area contributed by atoms with Gasteiger partial charge in [0.1, 0.15) is 0 Å². The van der Waals surface area contributed by atoms with Gasteiger partial charge in [-0.1, -0.05) is 30.3 Å². The van der Waals surface area contributed by atoms with Crippen molar-refractivity contribution in [1.82, 2.24) is 16.0 Å². The van der Waals surface area contributed by atoms with Crippen molar-refractivity contribution < 1.29 is 9.59 Å². The number of amides is 2. The molecule has 0 saturated heterocycles. The third-order valence-electron chi connectivity index (χ3n) is 2.35. The summed E-state index contributed by atoms with van der Waals surface area (Å²) in [7, 11) is 1.81. The van der Waals surface area contributed by atoms with Crippen molar-refractivity contribution in [1.29, 1.82) is 0 Å². The molecule has 0 aliphatic carbocycles. The molecule has 0 aliphatic heterocycles. The van der Waals surface area contributed by atoms with Gasteiger partial charge in [-0.3, -0.25) is 9.59 Å². The minimum Gasteiger partial charge on any atom is -0.353 e. The third-order valence-corrected chi connectivity index (χ3v) is 2.35. The van der Waals surface area contributed by atoms with Gasteiger partial charge in [-0.15, -0.1) is 0 Å². The van der Waals surface area contributed by atoms with E-state index in [1.54, 1.807) is 0 Å². The van der Waals surface area contributed by atoms with Crippen LogP contribution in [0.25, 0.3) is 0 Å². The van der Waals surface area contributed by atoms with Crippen LogP contribution in [0, 0.1) is 0 Å². The summed E-state index contributed by atoms with van der Waals surface area (Å²) in [4.78, 5) is 22.9. The number of hydrogen-bond donors (Lipinski definition) is 3. The minimum atomic E-state index is -0.174. The molecule has 1 rings (SSSR count). The number of carbonyl (C=O) groups is 2. The Kier molecular flexibility index (Phi) is 6.50. The molecule has 0 fully saturated rings. The Morgan fingerprint density at radius 3 is 2.39 bits per heavy atom. The van der Waals surface area contributed by atoms with E-state index in [0.29, 0.717) is 19.5 Å². The van der Waals surface area contributed by atoms with Crippen LogP contribution in [-0.2, 0) is 16.0 Å². The summed E-state index contributed by atoms with van der Waals surface area (Å²) < 4.78 is 0. The SMILES string of the molecule is CNCCNC(=O)CNC(=O)Cc1ccccc1. The van der Waals surface area contributed by atoms with E-state index in [2.05, 4.69) is 16.0 Å². The Bertz CT molecular complexity index is 379. The second-order valence-corrected chi connectivity index (χ2v) is 3.89. The lowest BCUT2D eigenvalue weighted by Gasteiger charge is -2.06. The molecular formula is C13H19N3O2. The predicted octanol–water partition coefficient (Wildman–Crippen LogP) is -0.319. The van der Waals surface area contributed by atoms with Gasteiger partial charge in [-0.2, -0.15) is 0 Å². The molecule has 0 aromatic heterocycles. The molecule has 0 bridgehead atoms. The fourth-order valence-electron chi connectivity index (χ4n) is 1.41. The molecule has 0 atom stereocenters. The smallest absolute Gasteiger partial charge is 0.239 e. The average molecular weight is 249 g/mol. The minimum absolute atomic E-state index is 0.0232. The highest BCUT2D eigenvalue weighted by molar-refractivity contribution is 5.85. The first kappa shape index (κ1) is 14.2. The summed E-state index contributed by atoms with van der Waals surface area (Å²) >= 11 is 0. The zero-order chi connectivity index (χ0) is 13.2. The molecule has 0 spiro atoms. The highest BCUT2D eigenvalue weighted by Crippen LogP contribution is 1.98. The van der Waals surface area contributed by atoms with Crippen LogP contribution in [0.4, 0.5) is 0 Å². The third kappa shape index (κ3) is 6.00. The van der Waals surface area contributed by atoms with E-state index in [1.807, 2.05) is 37.4 Å². The van der Waals surface area contributed by atoms with Gasteiger partial charge in [-0.05, 0) is 12.6 Å². The molecule has 0 unspecified atom stereocenters. The van der Waals surface area contributed by atoms with Crippen LogP contribution >= 0.6 is 0 Å². The maximum atomic E-state index is 11.5. The van der Waals surface area contributed by atoms with Crippen molar-refractivity contribution in [2.24, 2.45) is 0 Å². The van der Waals surface area contributed by atoms with Crippen LogP contribution in [0.2, 0.25) is 0 Å². The van der Waals surface area contributed by atoms with E-state index in [0.717, 1.165) is 5.56 Å². The molecule has 98 valence electrons. The molecular weight excluding hydrogens is 230 g/mol. The topological polar surface area (TPSA) is 70.2 Å². The summed E-state index contributed by atoms with van der Waals surface area (Å²) in [5, 5.41) is 8.19. The first-order chi connectivity index (χ1) is 8.72. The maximum Gasteiger partial charge on any atom is 0.239 e. The van der Waals surface area contributed by atoms with Gasteiger partial charge in [0.25, 0.3) is 0 Å². The molecule has 0 saturated carbocycles. The molecule has 0 aliphatic rings. The lowest BCUT2D eigenvalue weighted by molar-refractivity contribution is -0.125. The van der Waals surface area contributed by atoms with Crippen LogP contribution in [0.5, 0.6) is 0 Å². The summed E-state index contributed by atoms with van der Waals surface area (Å²) in [6.45, 7) is 1.29. The Morgan fingerprint density at radius 1 is 1.00 bits per heavy atom. The first-order valence-corrected chi connectivity index (χ1v) is 5.94. The van der Waals surface area contributed by atoms with Crippen LogP contribution in [0.15, 0.2) is 30.3 Å². The molecule has 0 radical (unpaired) electrons. The number of likely N-dealkylation sites (N-methyl/N-ethyl adjacent to an activating group) is 1. The second-order valence-electron chi connectivity index (χ2n) is 3.89. The van der Waals surface area contributed by atoms with Gasteiger partial charge in [0.2, 0.25) is 11.8 Å². The van der Waals surface area contributed by atoms with E-state index in [4.69, 9.17) is 0 Å². The normalized spacial score (nSPS) is 9.83. The van der Waals surface area contributed by atoms with E-state index >= 15 is 0 Å². The van der Waals surface area contributed by atoms with Gasteiger partial charge in [0.15, 0.2) is 0 Å². The zero-order valence-corrected chi connectivity index (χ0v) is 10.5. The van der Waals surface area contributed by atoms with Crippen molar-refractivity contribution in [2.45, 2.75) is 6.42 Å². The summed E-state index contributed by atoms with van der Waals surface area (Å²) in [5.41, 5.74) is 0.936. The zero-order valence-electron chi connectivity index (χ0n) is 10.5. The van der Waals surface area contributed by atoms with Crippen molar-refractivity contribution in [3.8, 4) is 0 Å². The fourth-order valence-corrected chi connectivity index (χ4v) is 1.41. The highest BCUT2D eigenvalue weighted by atomic mass is 16.2. The molecule has 18 heavy (non-hydrogen) atoms. The second kappa shape index (κ2) is 8.25. The van der Waals surface area contributed by atoms with Gasteiger partial charge in [0.05, 0.1) is 13.0 Å². The summed E-state index contributed by atoms with van der Waals surface area (Å²) in [6.07, 6.45) is 0.296. The van der Waals surface area contributed by atoms with Crippen LogP contribution < -0.4 is 16.0 Å². The molecule has 1 aromatic carbocycles. The van der Waals surface area contributed by atoms with Gasteiger partial charge < -0.3 is 16.0 Å². The Hall–Kier alpha value is -1.88. The number of rotatable bonds is 7. The average Bonchev–Trinajstić information content (AvgIpc) is 2.38. The van der Waals surface area contributed by atoms with E-state index in [9.17, 15) is 9.59 Å². The quantitative estimate of drug-likeness (QED) is 0.580. The largest absolute Gasteiger partial charge is 0.353 e. The molecule has 5 nitrogen and oxygen atoms in total. The lowest BCUT2D eigenvalue weighted by Crippen LogP contribution is -2.39. The molecule has 1 aromatic rings. The first-order valence-electron chi connectivity index (χ1n) is 5.94. The van der Waals surface area contributed by atoms with Crippen molar-refractivity contribution >= 4 is 11.8 Å². The monoisotopic (exact) mass is 249 g/mol. The van der Waals surface area contributed by atoms with Gasteiger partial charge >= 0.3 is 0 Å². The standard InChI is InChI=1S/C13H19N3O2/c1-14-7-8-15-13(18)10-16-12(17)9-11-5-3-2-4-6-11/h2-6,14H,7-10H2,1H3,(H,15,18)(H,16,17). The molecule has 0 heterocycles. The van der Waals surface area contributed by atoms with Crippen LogP contribution in [0.3, 0.4) is 0 Å². The number of nitrogens with one attached hydrogen (secondary N) is 3. The Labute approximate surface area is 107 Å². The highest BCUT2D eigenvalue weighted by Gasteiger charge is 2.05. The van der Waals surface area contributed by atoms with Crippen molar-refractivity contribution in [3.63, 3.8) is 0 Å². The Balaban J connectivity index is 2.19. The van der Waals surface area contributed by atoms with E-state index < -0.39 is 0 Å². The molecule has 2 amide bonds. The summed E-state index contributed by atoms with van der Waals surface area (Å²) in [5.74, 6) is -0.323. The predicted molar refractivity (Wildman–Crippen MR) is 70.1 cm³/mol. The van der Waals surface area contributed by atoms with Gasteiger partial charge in [0, 0.05) is 13.1 Å². The molecule has 5 heteroatoms. The maximum absolute atomic E-state index is 11.5. The Morgan fingerprint density at radius 2 is 1.72 bits per heavy atom. The van der Waals surface area contributed by atoms with Crippen LogP contribution in [0.1, 0.15) is 5.56 Å². The molecule has 3 N–H and O–H groups in total. The van der Waals surface area contributed by atoms with Crippen molar-refractivity contribution in [3.05, 3.63) is 35.9 Å². The van der Waals surface area contributed by atoms with Gasteiger partial charge in [-0.25, -0.2) is 0 Å². The van der Waals surface area contributed by atoms with Crippen molar-refractivity contribution in [2.75, 3.05) is 26.7 Å². The lowest BCUT2D eigenvalue weighted by atomic mass is 10.1. The fraction of sp³-hybridized carbons (Fsp3) is 0.385. The van der Waals surface area contributed by atoms with E-state index in [1.165, 1.54) is 0 Å².